The molecule has 0 radical (unpaired) electrons. The first-order valence-corrected chi connectivity index (χ1v) is 6.17. The fraction of sp³-hybridized carbons (Fsp3) is 0.571. The molecule has 82 valence electrons. The summed E-state index contributed by atoms with van der Waals surface area (Å²) in [6.45, 7) is 2.26. The third-order valence-corrected chi connectivity index (χ3v) is 3.53. The molecular weight excluding hydrogens is 182 g/mol. The summed E-state index contributed by atoms with van der Waals surface area (Å²) in [6, 6.07) is 8.99. The molecule has 0 aromatic heterocycles. The molecule has 15 heavy (non-hydrogen) atoms. The molecule has 1 aliphatic rings. The topological polar surface area (TPSA) is 26.0 Å². The van der Waals surface area contributed by atoms with Crippen LogP contribution in [0.15, 0.2) is 24.3 Å². The molecule has 0 aliphatic heterocycles. The van der Waals surface area contributed by atoms with E-state index in [0.717, 1.165) is 12.3 Å². The second kappa shape index (κ2) is 4.80. The van der Waals surface area contributed by atoms with Crippen LogP contribution in [0.1, 0.15) is 62.1 Å². The molecule has 1 aromatic rings. The van der Waals surface area contributed by atoms with Crippen molar-refractivity contribution in [3.63, 3.8) is 0 Å². The lowest BCUT2D eigenvalue weighted by atomic mass is 9.95. The highest BCUT2D eigenvalue weighted by Crippen LogP contribution is 2.41. The number of hydrogen-bond acceptors (Lipinski definition) is 1. The molecule has 1 aromatic carbocycles. The van der Waals surface area contributed by atoms with Crippen LogP contribution in [0.2, 0.25) is 0 Å². The maximum Gasteiger partial charge on any atom is 0.0303 e. The summed E-state index contributed by atoms with van der Waals surface area (Å²) in [5.41, 5.74) is 9.04. The maximum atomic E-state index is 6.14. The summed E-state index contributed by atoms with van der Waals surface area (Å²) < 4.78 is 0. The lowest BCUT2D eigenvalue weighted by molar-refractivity contribution is 0.531. The van der Waals surface area contributed by atoms with Gasteiger partial charge in [0.25, 0.3) is 0 Å². The number of fused-ring (bicyclic) bond motifs is 1. The number of unbranched alkanes of at least 4 members (excludes halogenated alkanes) is 2. The van der Waals surface area contributed by atoms with Gasteiger partial charge in [-0.1, -0.05) is 50.5 Å². The van der Waals surface area contributed by atoms with Crippen molar-refractivity contribution in [1.82, 2.24) is 0 Å². The minimum Gasteiger partial charge on any atom is -0.324 e. The van der Waals surface area contributed by atoms with Gasteiger partial charge in [-0.15, -0.1) is 0 Å². The quantitative estimate of drug-likeness (QED) is 0.741. The molecule has 2 atom stereocenters. The number of benzene rings is 1. The smallest absolute Gasteiger partial charge is 0.0303 e. The Morgan fingerprint density at radius 1 is 1.20 bits per heavy atom. The molecule has 2 rings (SSSR count). The molecule has 1 aliphatic carbocycles. The van der Waals surface area contributed by atoms with Gasteiger partial charge in [-0.25, -0.2) is 0 Å². The van der Waals surface area contributed by atoms with Crippen molar-refractivity contribution in [3.8, 4) is 0 Å². The standard InChI is InChI=1S/C14H21N/c1-2-3-4-7-11-10-14(15)13-9-6-5-8-12(11)13/h5-6,8-9,11,14H,2-4,7,10,15H2,1H3/t11-,14-/m0/s1. The van der Waals surface area contributed by atoms with E-state index < -0.39 is 0 Å². The fourth-order valence-electron chi connectivity index (χ4n) is 2.69. The van der Waals surface area contributed by atoms with Crippen LogP contribution in [0.25, 0.3) is 0 Å². The predicted octanol–water partition coefficient (Wildman–Crippen LogP) is 3.75. The normalized spacial score (nSPS) is 24.1. The third-order valence-electron chi connectivity index (χ3n) is 3.53. The first-order valence-electron chi connectivity index (χ1n) is 6.17. The van der Waals surface area contributed by atoms with Crippen LogP contribution in [0.5, 0.6) is 0 Å². The molecule has 0 heterocycles. The minimum atomic E-state index is 0.285. The van der Waals surface area contributed by atoms with E-state index in [1.807, 2.05) is 0 Å². The largest absolute Gasteiger partial charge is 0.324 e. The summed E-state index contributed by atoms with van der Waals surface area (Å²) in [4.78, 5) is 0. The van der Waals surface area contributed by atoms with E-state index in [0.29, 0.717) is 0 Å². The molecule has 0 saturated heterocycles. The van der Waals surface area contributed by atoms with Crippen molar-refractivity contribution in [2.75, 3.05) is 0 Å². The van der Waals surface area contributed by atoms with E-state index in [2.05, 4.69) is 31.2 Å². The highest BCUT2D eigenvalue weighted by Gasteiger charge is 2.27. The Balaban J connectivity index is 2.04. The van der Waals surface area contributed by atoms with E-state index in [-0.39, 0.29) is 6.04 Å². The predicted molar refractivity (Wildman–Crippen MR) is 64.9 cm³/mol. The van der Waals surface area contributed by atoms with E-state index in [4.69, 9.17) is 5.73 Å². The monoisotopic (exact) mass is 203 g/mol. The van der Waals surface area contributed by atoms with E-state index >= 15 is 0 Å². The summed E-state index contributed by atoms with van der Waals surface area (Å²) in [5, 5.41) is 0. The summed E-state index contributed by atoms with van der Waals surface area (Å²) in [5.74, 6) is 0.725. The number of nitrogens with two attached hydrogens (primary N) is 1. The van der Waals surface area contributed by atoms with Crippen LogP contribution in [-0.2, 0) is 0 Å². The van der Waals surface area contributed by atoms with Crippen LogP contribution in [0.4, 0.5) is 0 Å². The highest BCUT2D eigenvalue weighted by atomic mass is 14.7. The van der Waals surface area contributed by atoms with E-state index in [9.17, 15) is 0 Å². The molecule has 0 fully saturated rings. The molecular formula is C14H21N. The lowest BCUT2D eigenvalue weighted by Gasteiger charge is -2.10. The SMILES string of the molecule is CCCCC[C@H]1C[C@H](N)c2ccccc21. The van der Waals surface area contributed by atoms with Gasteiger partial charge in [0, 0.05) is 6.04 Å². The summed E-state index contributed by atoms with van der Waals surface area (Å²) in [7, 11) is 0. The van der Waals surface area contributed by atoms with Crippen LogP contribution in [-0.4, -0.2) is 0 Å². The molecule has 0 spiro atoms. The zero-order valence-electron chi connectivity index (χ0n) is 9.58. The number of rotatable bonds is 4. The fourth-order valence-corrected chi connectivity index (χ4v) is 2.69. The molecule has 1 heteroatoms. The average molecular weight is 203 g/mol. The van der Waals surface area contributed by atoms with Gasteiger partial charge in [0.05, 0.1) is 0 Å². The zero-order chi connectivity index (χ0) is 10.7. The second-order valence-corrected chi connectivity index (χ2v) is 4.66. The minimum absolute atomic E-state index is 0.285. The third kappa shape index (κ3) is 2.23. The van der Waals surface area contributed by atoms with Gasteiger partial charge < -0.3 is 5.73 Å². The van der Waals surface area contributed by atoms with Gasteiger partial charge in [0.2, 0.25) is 0 Å². The van der Waals surface area contributed by atoms with Gasteiger partial charge in [0.15, 0.2) is 0 Å². The van der Waals surface area contributed by atoms with Gasteiger partial charge >= 0.3 is 0 Å². The van der Waals surface area contributed by atoms with Crippen molar-refractivity contribution >= 4 is 0 Å². The molecule has 0 amide bonds. The van der Waals surface area contributed by atoms with E-state index in [1.54, 1.807) is 0 Å². The van der Waals surface area contributed by atoms with Crippen molar-refractivity contribution < 1.29 is 0 Å². The Morgan fingerprint density at radius 2 is 1.93 bits per heavy atom. The van der Waals surface area contributed by atoms with Crippen molar-refractivity contribution in [1.29, 1.82) is 0 Å². The van der Waals surface area contributed by atoms with Gasteiger partial charge in [-0.3, -0.25) is 0 Å². The Morgan fingerprint density at radius 3 is 2.67 bits per heavy atom. The summed E-state index contributed by atoms with van der Waals surface area (Å²) >= 11 is 0. The van der Waals surface area contributed by atoms with Gasteiger partial charge in [-0.2, -0.15) is 0 Å². The molecule has 0 saturated carbocycles. The van der Waals surface area contributed by atoms with Crippen LogP contribution < -0.4 is 5.73 Å². The highest BCUT2D eigenvalue weighted by molar-refractivity contribution is 5.37. The first kappa shape index (κ1) is 10.7. The molecule has 0 bridgehead atoms. The summed E-state index contributed by atoms with van der Waals surface area (Å²) in [6.07, 6.45) is 6.48. The van der Waals surface area contributed by atoms with E-state index in [1.165, 1.54) is 36.8 Å². The van der Waals surface area contributed by atoms with Crippen molar-refractivity contribution in [2.24, 2.45) is 5.73 Å². The zero-order valence-corrected chi connectivity index (χ0v) is 9.58. The van der Waals surface area contributed by atoms with Crippen LogP contribution in [0.3, 0.4) is 0 Å². The number of hydrogen-bond donors (Lipinski definition) is 1. The van der Waals surface area contributed by atoms with Gasteiger partial charge in [0.1, 0.15) is 0 Å². The Kier molecular flexibility index (Phi) is 3.42. The Hall–Kier alpha value is -0.820. The molecule has 0 unspecified atom stereocenters. The Labute approximate surface area is 92.7 Å². The van der Waals surface area contributed by atoms with Crippen LogP contribution >= 0.6 is 0 Å². The van der Waals surface area contributed by atoms with Crippen molar-refractivity contribution in [2.45, 2.75) is 51.0 Å². The average Bonchev–Trinajstić information content (AvgIpc) is 2.58. The molecule has 2 N–H and O–H groups in total. The Bertz CT molecular complexity index is 319. The lowest BCUT2D eigenvalue weighted by Crippen LogP contribution is -2.05. The van der Waals surface area contributed by atoms with Crippen LogP contribution in [0, 0.1) is 0 Å². The van der Waals surface area contributed by atoms with Gasteiger partial charge in [-0.05, 0) is 29.9 Å². The first-order chi connectivity index (χ1) is 7.33. The second-order valence-electron chi connectivity index (χ2n) is 4.66. The molecule has 1 nitrogen and oxygen atoms in total. The maximum absolute atomic E-state index is 6.14. The van der Waals surface area contributed by atoms with Crippen molar-refractivity contribution in [3.05, 3.63) is 35.4 Å².